The summed E-state index contributed by atoms with van der Waals surface area (Å²) in [5, 5.41) is 28.5. The molecule has 0 radical (unpaired) electrons. The molecule has 0 aliphatic carbocycles. The molecule has 0 saturated carbocycles. The second-order valence-corrected chi connectivity index (χ2v) is 7.99. The molecule has 1 unspecified atom stereocenters. The maximum Gasteiger partial charge on any atom is 0.157 e. The summed E-state index contributed by atoms with van der Waals surface area (Å²) in [5.41, 5.74) is 2.28. The van der Waals surface area contributed by atoms with E-state index in [-0.39, 0.29) is 17.0 Å². The number of phenolic OH excluding ortho intramolecular Hbond substituents is 3. The van der Waals surface area contributed by atoms with Crippen LogP contribution in [0.15, 0.2) is 42.5 Å². The van der Waals surface area contributed by atoms with Gasteiger partial charge in [-0.1, -0.05) is 18.2 Å². The first-order chi connectivity index (χ1) is 12.2. The van der Waals surface area contributed by atoms with Crippen LogP contribution < -0.4 is 0 Å². The third-order valence-electron chi connectivity index (χ3n) is 4.86. The fourth-order valence-electron chi connectivity index (χ4n) is 3.39. The van der Waals surface area contributed by atoms with E-state index in [1.807, 2.05) is 18.2 Å². The zero-order valence-electron chi connectivity index (χ0n) is 16.2. The van der Waals surface area contributed by atoms with Crippen molar-refractivity contribution < 1.29 is 15.3 Å². The van der Waals surface area contributed by atoms with Gasteiger partial charge >= 0.3 is 0 Å². The predicted molar refractivity (Wildman–Crippen MR) is 106 cm³/mol. The van der Waals surface area contributed by atoms with Gasteiger partial charge in [0.05, 0.1) is 0 Å². The Balaban J connectivity index is 1.99. The first-order valence-corrected chi connectivity index (χ1v) is 9.22. The maximum absolute atomic E-state index is 9.68. The molecule has 0 aromatic heterocycles. The largest absolute Gasteiger partial charge is 0.508 e. The van der Waals surface area contributed by atoms with Crippen LogP contribution in [0.5, 0.6) is 17.2 Å². The van der Waals surface area contributed by atoms with Gasteiger partial charge in [0.1, 0.15) is 5.75 Å². The Kier molecular flexibility index (Phi) is 6.54. The zero-order valence-corrected chi connectivity index (χ0v) is 16.2. The van der Waals surface area contributed by atoms with Gasteiger partial charge in [-0.25, -0.2) is 0 Å². The van der Waals surface area contributed by atoms with Gasteiger partial charge in [0.15, 0.2) is 11.5 Å². The van der Waals surface area contributed by atoms with Gasteiger partial charge in [0.25, 0.3) is 0 Å². The highest BCUT2D eigenvalue weighted by Crippen LogP contribution is 2.26. The minimum absolute atomic E-state index is 0.0351. The van der Waals surface area contributed by atoms with Crippen LogP contribution in [-0.4, -0.2) is 38.3 Å². The van der Waals surface area contributed by atoms with Gasteiger partial charge in [-0.3, -0.25) is 4.90 Å². The van der Waals surface area contributed by atoms with E-state index in [9.17, 15) is 15.3 Å². The molecule has 0 fully saturated rings. The van der Waals surface area contributed by atoms with Gasteiger partial charge in [-0.15, -0.1) is 0 Å². The third kappa shape index (κ3) is 5.67. The molecule has 2 aromatic carbocycles. The van der Waals surface area contributed by atoms with Crippen LogP contribution in [0.1, 0.15) is 45.2 Å². The molecule has 0 aliphatic rings. The van der Waals surface area contributed by atoms with Crippen LogP contribution in [-0.2, 0) is 12.8 Å². The molecular weight excluding hydrogens is 326 g/mol. The normalized spacial score (nSPS) is 13.1. The molecule has 0 heterocycles. The predicted octanol–water partition coefficient (Wildman–Crippen LogP) is 4.47. The molecule has 4 heteroatoms. The summed E-state index contributed by atoms with van der Waals surface area (Å²) in [6.07, 6.45) is 2.81. The molecule has 4 nitrogen and oxygen atoms in total. The second-order valence-electron chi connectivity index (χ2n) is 7.99. The van der Waals surface area contributed by atoms with Crippen molar-refractivity contribution in [2.45, 2.75) is 58.5 Å². The van der Waals surface area contributed by atoms with Crippen LogP contribution >= 0.6 is 0 Å². The fraction of sp³-hybridized carbons (Fsp3) is 0.455. The molecule has 0 aliphatic heterocycles. The van der Waals surface area contributed by atoms with Gasteiger partial charge in [0, 0.05) is 18.1 Å². The third-order valence-corrected chi connectivity index (χ3v) is 4.86. The lowest BCUT2D eigenvalue weighted by Crippen LogP contribution is -2.48. The first kappa shape index (κ1) is 20.1. The molecule has 142 valence electrons. The smallest absolute Gasteiger partial charge is 0.157 e. The van der Waals surface area contributed by atoms with Crippen LogP contribution in [0.2, 0.25) is 0 Å². The lowest BCUT2D eigenvalue weighted by atomic mass is 9.98. The highest BCUT2D eigenvalue weighted by atomic mass is 16.3. The maximum atomic E-state index is 9.68. The van der Waals surface area contributed by atoms with E-state index in [1.165, 1.54) is 5.56 Å². The Hall–Kier alpha value is -2.20. The van der Waals surface area contributed by atoms with E-state index in [4.69, 9.17) is 0 Å². The molecular formula is C22H31NO3. The lowest BCUT2D eigenvalue weighted by Gasteiger charge is -2.40. The number of hydrogen-bond donors (Lipinski definition) is 3. The van der Waals surface area contributed by atoms with Crippen molar-refractivity contribution in [1.82, 2.24) is 4.90 Å². The summed E-state index contributed by atoms with van der Waals surface area (Å²) in [5.74, 6) is 0.157. The number of benzene rings is 2. The van der Waals surface area contributed by atoms with Gasteiger partial charge < -0.3 is 15.3 Å². The molecule has 2 aromatic rings. The van der Waals surface area contributed by atoms with Crippen LogP contribution in [0, 0.1) is 0 Å². The van der Waals surface area contributed by atoms with Crippen LogP contribution in [0.4, 0.5) is 0 Å². The number of hydrogen-bond acceptors (Lipinski definition) is 4. The monoisotopic (exact) mass is 357 g/mol. The Morgan fingerprint density at radius 2 is 1.46 bits per heavy atom. The summed E-state index contributed by atoms with van der Waals surface area (Å²) in [6, 6.07) is 12.9. The Bertz CT molecular complexity index is 704. The van der Waals surface area contributed by atoms with Gasteiger partial charge in [-0.05, 0) is 82.3 Å². The molecule has 2 rings (SSSR count). The van der Waals surface area contributed by atoms with Crippen LogP contribution in [0.25, 0.3) is 0 Å². The van der Waals surface area contributed by atoms with E-state index in [2.05, 4.69) is 32.6 Å². The van der Waals surface area contributed by atoms with Crippen molar-refractivity contribution in [3.8, 4) is 17.2 Å². The van der Waals surface area contributed by atoms with E-state index in [1.54, 1.807) is 24.3 Å². The lowest BCUT2D eigenvalue weighted by molar-refractivity contribution is 0.0871. The molecule has 0 spiro atoms. The highest BCUT2D eigenvalue weighted by molar-refractivity contribution is 5.40. The summed E-state index contributed by atoms with van der Waals surface area (Å²) < 4.78 is 0. The summed E-state index contributed by atoms with van der Waals surface area (Å²) in [4.78, 5) is 2.48. The highest BCUT2D eigenvalue weighted by Gasteiger charge is 2.25. The second kappa shape index (κ2) is 8.45. The number of aryl methyl sites for hydroxylation is 1. The van der Waals surface area contributed by atoms with Crippen molar-refractivity contribution in [1.29, 1.82) is 0 Å². The number of phenols is 3. The Labute approximate surface area is 156 Å². The van der Waals surface area contributed by atoms with E-state index in [0.717, 1.165) is 31.4 Å². The Morgan fingerprint density at radius 3 is 2.04 bits per heavy atom. The number of aromatic hydroxyl groups is 3. The first-order valence-electron chi connectivity index (χ1n) is 9.22. The number of rotatable bonds is 7. The standard InChI is InChI=1S/C22H31NO3/c1-16(5-6-17-7-10-19(24)11-8-17)23(22(2,3)4)14-13-18-9-12-20(25)21(26)15-18/h7-12,15-16,24-26H,5-6,13-14H2,1-4H3. The minimum atomic E-state index is -0.0799. The van der Waals surface area contributed by atoms with Crippen molar-refractivity contribution in [2.75, 3.05) is 6.54 Å². The SMILES string of the molecule is CC(CCc1ccc(O)cc1)N(CCc1ccc(O)c(O)c1)C(C)(C)C. The van der Waals surface area contributed by atoms with Crippen LogP contribution in [0.3, 0.4) is 0 Å². The molecule has 0 amide bonds. The fourth-order valence-corrected chi connectivity index (χ4v) is 3.39. The van der Waals surface area contributed by atoms with Gasteiger partial charge in [-0.2, -0.15) is 0 Å². The number of nitrogens with zero attached hydrogens (tertiary/aromatic N) is 1. The topological polar surface area (TPSA) is 63.9 Å². The molecule has 1 atom stereocenters. The van der Waals surface area contributed by atoms with E-state index >= 15 is 0 Å². The van der Waals surface area contributed by atoms with E-state index in [0.29, 0.717) is 11.8 Å². The van der Waals surface area contributed by atoms with Crippen molar-refractivity contribution in [3.63, 3.8) is 0 Å². The summed E-state index contributed by atoms with van der Waals surface area (Å²) >= 11 is 0. The quantitative estimate of drug-likeness (QED) is 0.640. The minimum Gasteiger partial charge on any atom is -0.508 e. The molecule has 0 bridgehead atoms. The molecule has 26 heavy (non-hydrogen) atoms. The van der Waals surface area contributed by atoms with E-state index < -0.39 is 0 Å². The van der Waals surface area contributed by atoms with Crippen molar-refractivity contribution in [2.24, 2.45) is 0 Å². The van der Waals surface area contributed by atoms with Crippen molar-refractivity contribution in [3.05, 3.63) is 53.6 Å². The molecule has 0 saturated heterocycles. The Morgan fingerprint density at radius 1 is 0.846 bits per heavy atom. The summed E-state index contributed by atoms with van der Waals surface area (Å²) in [7, 11) is 0. The average molecular weight is 357 g/mol. The summed E-state index contributed by atoms with van der Waals surface area (Å²) in [6.45, 7) is 9.79. The zero-order chi connectivity index (χ0) is 19.3. The van der Waals surface area contributed by atoms with Crippen molar-refractivity contribution >= 4 is 0 Å². The van der Waals surface area contributed by atoms with Gasteiger partial charge in [0.2, 0.25) is 0 Å². The molecule has 3 N–H and O–H groups in total. The average Bonchev–Trinajstić information content (AvgIpc) is 2.56.